The third kappa shape index (κ3) is 2.61. The standard InChI is InChI=1S/C9H8F3NO2/c1-15-8(13-14)6-2-4-7(5-3-6)9(10,11)12/h2-5,14H,1H3. The van der Waals surface area contributed by atoms with Crippen LogP contribution in [0.3, 0.4) is 0 Å². The van der Waals surface area contributed by atoms with E-state index in [1.54, 1.807) is 0 Å². The highest BCUT2D eigenvalue weighted by atomic mass is 19.4. The zero-order valence-electron chi connectivity index (χ0n) is 7.75. The van der Waals surface area contributed by atoms with Crippen molar-refractivity contribution in [3.63, 3.8) is 0 Å². The molecule has 0 atom stereocenters. The molecule has 0 aliphatic carbocycles. The van der Waals surface area contributed by atoms with Gasteiger partial charge in [0.15, 0.2) is 0 Å². The fourth-order valence-electron chi connectivity index (χ4n) is 1.02. The van der Waals surface area contributed by atoms with Crippen LogP contribution < -0.4 is 0 Å². The van der Waals surface area contributed by atoms with Gasteiger partial charge in [0.1, 0.15) is 0 Å². The van der Waals surface area contributed by atoms with Crippen LogP contribution >= 0.6 is 0 Å². The minimum Gasteiger partial charge on any atom is -0.479 e. The topological polar surface area (TPSA) is 41.8 Å². The largest absolute Gasteiger partial charge is 0.479 e. The van der Waals surface area contributed by atoms with Crippen molar-refractivity contribution in [1.82, 2.24) is 0 Å². The van der Waals surface area contributed by atoms with Gasteiger partial charge in [0, 0.05) is 5.56 Å². The van der Waals surface area contributed by atoms with Gasteiger partial charge in [-0.05, 0) is 29.4 Å². The molecule has 1 aromatic carbocycles. The van der Waals surface area contributed by atoms with Crippen LogP contribution in [0.4, 0.5) is 13.2 Å². The quantitative estimate of drug-likeness (QED) is 0.341. The molecule has 1 aromatic rings. The van der Waals surface area contributed by atoms with Gasteiger partial charge in [0.2, 0.25) is 0 Å². The van der Waals surface area contributed by atoms with Gasteiger partial charge in [0.25, 0.3) is 5.90 Å². The zero-order valence-corrected chi connectivity index (χ0v) is 7.75. The van der Waals surface area contributed by atoms with Crippen LogP contribution in [0.15, 0.2) is 29.4 Å². The van der Waals surface area contributed by atoms with Crippen molar-refractivity contribution < 1.29 is 23.1 Å². The molecule has 0 aliphatic rings. The van der Waals surface area contributed by atoms with E-state index in [1.807, 2.05) is 0 Å². The molecule has 0 unspecified atom stereocenters. The fourth-order valence-corrected chi connectivity index (χ4v) is 1.02. The van der Waals surface area contributed by atoms with Crippen LogP contribution in [0.5, 0.6) is 0 Å². The highest BCUT2D eigenvalue weighted by Crippen LogP contribution is 2.29. The van der Waals surface area contributed by atoms with Crippen molar-refractivity contribution >= 4 is 5.90 Å². The number of methoxy groups -OCH3 is 1. The van der Waals surface area contributed by atoms with Gasteiger partial charge >= 0.3 is 6.18 Å². The van der Waals surface area contributed by atoms with E-state index < -0.39 is 11.7 Å². The van der Waals surface area contributed by atoms with E-state index in [0.717, 1.165) is 12.1 Å². The molecule has 0 radical (unpaired) electrons. The Labute approximate surface area is 83.8 Å². The molecular weight excluding hydrogens is 211 g/mol. The summed E-state index contributed by atoms with van der Waals surface area (Å²) in [7, 11) is 1.26. The van der Waals surface area contributed by atoms with Crippen molar-refractivity contribution in [2.45, 2.75) is 6.18 Å². The number of oxime groups is 1. The molecule has 0 spiro atoms. The summed E-state index contributed by atoms with van der Waals surface area (Å²) in [4.78, 5) is 0. The highest BCUT2D eigenvalue weighted by Gasteiger charge is 2.30. The SMILES string of the molecule is COC(=NO)c1ccc(C(F)(F)F)cc1. The van der Waals surface area contributed by atoms with E-state index in [2.05, 4.69) is 9.89 Å². The summed E-state index contributed by atoms with van der Waals surface area (Å²) in [5, 5.41) is 11.2. The smallest absolute Gasteiger partial charge is 0.416 e. The molecule has 0 saturated heterocycles. The van der Waals surface area contributed by atoms with Crippen LogP contribution in [-0.4, -0.2) is 18.2 Å². The maximum atomic E-state index is 12.2. The molecule has 1 N–H and O–H groups in total. The molecule has 0 saturated carbocycles. The summed E-state index contributed by atoms with van der Waals surface area (Å²) >= 11 is 0. The van der Waals surface area contributed by atoms with Gasteiger partial charge in [-0.2, -0.15) is 13.2 Å². The molecule has 15 heavy (non-hydrogen) atoms. The minimum atomic E-state index is -4.37. The van der Waals surface area contributed by atoms with E-state index in [-0.39, 0.29) is 11.5 Å². The predicted molar refractivity (Wildman–Crippen MR) is 46.8 cm³/mol. The van der Waals surface area contributed by atoms with Gasteiger partial charge in [-0.15, -0.1) is 0 Å². The summed E-state index contributed by atoms with van der Waals surface area (Å²) in [5.41, 5.74) is -0.493. The number of benzene rings is 1. The molecule has 0 aromatic heterocycles. The molecule has 0 fully saturated rings. The van der Waals surface area contributed by atoms with Crippen LogP contribution in [0, 0.1) is 0 Å². The third-order valence-electron chi connectivity index (χ3n) is 1.74. The van der Waals surface area contributed by atoms with Gasteiger partial charge in [-0.3, -0.25) is 0 Å². The van der Waals surface area contributed by atoms with E-state index in [0.29, 0.717) is 0 Å². The highest BCUT2D eigenvalue weighted by molar-refractivity contribution is 5.93. The summed E-state index contributed by atoms with van der Waals surface area (Å²) in [6.45, 7) is 0. The predicted octanol–water partition coefficient (Wildman–Crippen LogP) is 2.49. The maximum absolute atomic E-state index is 12.2. The van der Waals surface area contributed by atoms with Crippen molar-refractivity contribution in [1.29, 1.82) is 0 Å². The number of rotatable bonds is 1. The Kier molecular flexibility index (Phi) is 3.18. The lowest BCUT2D eigenvalue weighted by Crippen LogP contribution is -2.07. The fraction of sp³-hybridized carbons (Fsp3) is 0.222. The Morgan fingerprint density at radius 2 is 1.80 bits per heavy atom. The van der Waals surface area contributed by atoms with Crippen LogP contribution in [0.25, 0.3) is 0 Å². The van der Waals surface area contributed by atoms with Crippen molar-refractivity contribution in [3.05, 3.63) is 35.4 Å². The average molecular weight is 219 g/mol. The number of hydrogen-bond donors (Lipinski definition) is 1. The average Bonchev–Trinajstić information content (AvgIpc) is 2.19. The lowest BCUT2D eigenvalue weighted by molar-refractivity contribution is -0.137. The molecule has 0 amide bonds. The Hall–Kier alpha value is -1.72. The van der Waals surface area contributed by atoms with Crippen molar-refractivity contribution in [2.24, 2.45) is 5.16 Å². The summed E-state index contributed by atoms with van der Waals surface area (Å²) in [5.74, 6) is -0.135. The van der Waals surface area contributed by atoms with Crippen molar-refractivity contribution in [2.75, 3.05) is 7.11 Å². The van der Waals surface area contributed by atoms with Gasteiger partial charge in [0.05, 0.1) is 12.7 Å². The summed E-state index contributed by atoms with van der Waals surface area (Å²) < 4.78 is 41.2. The first-order chi connectivity index (χ1) is 6.99. The Bertz CT molecular complexity index is 357. The monoisotopic (exact) mass is 219 g/mol. The normalized spacial score (nSPS) is 12.7. The number of alkyl halides is 3. The lowest BCUT2D eigenvalue weighted by atomic mass is 10.1. The second kappa shape index (κ2) is 4.20. The maximum Gasteiger partial charge on any atom is 0.416 e. The van der Waals surface area contributed by atoms with Gasteiger partial charge < -0.3 is 9.94 Å². The number of hydrogen-bond acceptors (Lipinski definition) is 3. The lowest BCUT2D eigenvalue weighted by Gasteiger charge is -2.07. The molecular formula is C9H8F3NO2. The third-order valence-corrected chi connectivity index (χ3v) is 1.74. The first-order valence-electron chi connectivity index (χ1n) is 3.92. The summed E-state index contributed by atoms with van der Waals surface area (Å²) in [6.07, 6.45) is -4.37. The van der Waals surface area contributed by atoms with Crippen molar-refractivity contribution in [3.8, 4) is 0 Å². The van der Waals surface area contributed by atoms with Gasteiger partial charge in [-0.1, -0.05) is 0 Å². The first kappa shape index (κ1) is 11.4. The van der Waals surface area contributed by atoms with Crippen LogP contribution in [-0.2, 0) is 10.9 Å². The van der Waals surface area contributed by atoms with E-state index in [9.17, 15) is 13.2 Å². The van der Waals surface area contributed by atoms with Gasteiger partial charge in [-0.25, -0.2) is 0 Å². The molecule has 82 valence electrons. The second-order valence-corrected chi connectivity index (χ2v) is 2.68. The van der Waals surface area contributed by atoms with E-state index >= 15 is 0 Å². The minimum absolute atomic E-state index is 0.135. The number of halogens is 3. The summed E-state index contributed by atoms with van der Waals surface area (Å²) in [6, 6.07) is 4.11. The second-order valence-electron chi connectivity index (χ2n) is 2.68. The van der Waals surface area contributed by atoms with Crippen LogP contribution in [0.2, 0.25) is 0 Å². The number of ether oxygens (including phenoxy) is 1. The molecule has 3 nitrogen and oxygen atoms in total. The molecule has 0 aliphatic heterocycles. The first-order valence-corrected chi connectivity index (χ1v) is 3.92. The Morgan fingerprint density at radius 3 is 2.13 bits per heavy atom. The van der Waals surface area contributed by atoms with Crippen LogP contribution in [0.1, 0.15) is 11.1 Å². The van der Waals surface area contributed by atoms with E-state index in [1.165, 1.54) is 19.2 Å². The molecule has 6 heteroatoms. The molecule has 0 bridgehead atoms. The number of nitrogens with zero attached hydrogens (tertiary/aromatic N) is 1. The molecule has 1 rings (SSSR count). The van der Waals surface area contributed by atoms with E-state index in [4.69, 9.17) is 5.21 Å². The zero-order chi connectivity index (χ0) is 11.5. The Balaban J connectivity index is 3.00. The molecule has 0 heterocycles. The Morgan fingerprint density at radius 1 is 1.27 bits per heavy atom.